The van der Waals surface area contributed by atoms with Crippen molar-refractivity contribution in [3.63, 3.8) is 0 Å². The van der Waals surface area contributed by atoms with Gasteiger partial charge in [-0.15, -0.1) is 11.3 Å². The molecule has 0 spiro atoms. The summed E-state index contributed by atoms with van der Waals surface area (Å²) in [5.74, 6) is -0.307. The third kappa shape index (κ3) is 3.71. The van der Waals surface area contributed by atoms with Gasteiger partial charge in [-0.05, 0) is 42.8 Å². The lowest BCUT2D eigenvalue weighted by atomic mass is 10.1. The smallest absolute Gasteiger partial charge is 0.282 e. The number of halogens is 1. The molecular weight excluding hydrogens is 336 g/mol. The summed E-state index contributed by atoms with van der Waals surface area (Å²) in [7, 11) is 0. The lowest BCUT2D eigenvalue weighted by Crippen LogP contribution is -2.35. The molecule has 5 nitrogen and oxygen atoms in total. The molecule has 0 radical (unpaired) electrons. The van der Waals surface area contributed by atoms with Gasteiger partial charge < -0.3 is 4.90 Å². The number of nitrogens with zero attached hydrogens (tertiary/aromatic N) is 2. The van der Waals surface area contributed by atoms with Gasteiger partial charge in [0.05, 0.1) is 4.92 Å². The predicted octanol–water partition coefficient (Wildman–Crippen LogP) is 4.16. The molecule has 0 aliphatic heterocycles. The molecule has 1 aromatic heterocycles. The van der Waals surface area contributed by atoms with E-state index < -0.39 is 4.92 Å². The van der Waals surface area contributed by atoms with Gasteiger partial charge in [0.2, 0.25) is 0 Å². The van der Waals surface area contributed by atoms with Crippen molar-refractivity contribution in [1.29, 1.82) is 0 Å². The van der Waals surface area contributed by atoms with Gasteiger partial charge in [-0.1, -0.05) is 17.7 Å². The molecule has 1 amide bonds. The maximum Gasteiger partial charge on any atom is 0.282 e. The van der Waals surface area contributed by atoms with E-state index in [4.69, 9.17) is 11.6 Å². The monoisotopic (exact) mass is 350 g/mol. The van der Waals surface area contributed by atoms with Gasteiger partial charge in [0, 0.05) is 28.6 Å². The fourth-order valence-electron chi connectivity index (χ4n) is 2.52. The molecule has 0 bridgehead atoms. The summed E-state index contributed by atoms with van der Waals surface area (Å²) in [4.78, 5) is 26.4. The molecule has 3 rings (SSSR count). The maximum atomic E-state index is 12.8. The topological polar surface area (TPSA) is 63.4 Å². The first-order valence-electron chi connectivity index (χ1n) is 7.33. The van der Waals surface area contributed by atoms with Gasteiger partial charge in [0.1, 0.15) is 5.56 Å². The summed E-state index contributed by atoms with van der Waals surface area (Å²) in [6, 6.07) is 8.31. The first-order chi connectivity index (χ1) is 11.1. The molecule has 2 aromatic rings. The highest BCUT2D eigenvalue weighted by molar-refractivity contribution is 7.09. The van der Waals surface area contributed by atoms with Crippen molar-refractivity contribution in [2.75, 3.05) is 6.54 Å². The lowest BCUT2D eigenvalue weighted by molar-refractivity contribution is -0.385. The average molecular weight is 351 g/mol. The quantitative estimate of drug-likeness (QED) is 0.580. The van der Waals surface area contributed by atoms with Crippen molar-refractivity contribution in [2.24, 2.45) is 0 Å². The molecule has 1 aromatic carbocycles. The van der Waals surface area contributed by atoms with Crippen molar-refractivity contribution in [3.05, 3.63) is 61.3 Å². The number of nitro groups is 1. The van der Waals surface area contributed by atoms with Gasteiger partial charge in [0.15, 0.2) is 0 Å². The number of carbonyl (C=O) groups excluding carboxylic acids is 1. The molecule has 1 saturated carbocycles. The number of thiophene rings is 1. The molecule has 0 saturated heterocycles. The Hall–Kier alpha value is -1.92. The van der Waals surface area contributed by atoms with E-state index in [9.17, 15) is 14.9 Å². The molecule has 7 heteroatoms. The number of benzene rings is 1. The van der Waals surface area contributed by atoms with Crippen molar-refractivity contribution < 1.29 is 9.72 Å². The SMILES string of the molecule is O=C(c1cc(Cl)ccc1[N+](=O)[O-])N(CCc1cccs1)C1CC1. The number of rotatable bonds is 6. The molecular formula is C16H15ClN2O3S. The summed E-state index contributed by atoms with van der Waals surface area (Å²) >= 11 is 7.58. The van der Waals surface area contributed by atoms with Crippen molar-refractivity contribution >= 4 is 34.5 Å². The van der Waals surface area contributed by atoms with Crippen LogP contribution in [0.3, 0.4) is 0 Å². The number of hydrogen-bond acceptors (Lipinski definition) is 4. The zero-order valence-electron chi connectivity index (χ0n) is 12.3. The fourth-order valence-corrected chi connectivity index (χ4v) is 3.39. The largest absolute Gasteiger partial charge is 0.335 e. The first kappa shape index (κ1) is 16.0. The predicted molar refractivity (Wildman–Crippen MR) is 90.2 cm³/mol. The standard InChI is InChI=1S/C16H15ClN2O3S/c17-11-3-6-15(19(21)22)14(10-11)16(20)18(12-4-5-12)8-7-13-2-1-9-23-13/h1-3,6,9-10,12H,4-5,7-8H2. The summed E-state index contributed by atoms with van der Waals surface area (Å²) in [6.07, 6.45) is 2.66. The van der Waals surface area contributed by atoms with Crippen LogP contribution in [-0.2, 0) is 6.42 Å². The van der Waals surface area contributed by atoms with E-state index in [2.05, 4.69) is 0 Å². The molecule has 1 aliphatic carbocycles. The molecule has 0 N–H and O–H groups in total. The Kier molecular flexibility index (Phi) is 4.63. The maximum absolute atomic E-state index is 12.8. The first-order valence-corrected chi connectivity index (χ1v) is 8.59. The summed E-state index contributed by atoms with van der Waals surface area (Å²) in [5.41, 5.74) is -0.123. The minimum Gasteiger partial charge on any atom is -0.335 e. The minimum atomic E-state index is -0.534. The van der Waals surface area contributed by atoms with Crippen LogP contribution in [-0.4, -0.2) is 28.3 Å². The summed E-state index contributed by atoms with van der Waals surface area (Å²) in [6.45, 7) is 0.563. The van der Waals surface area contributed by atoms with Crippen molar-refractivity contribution in [3.8, 4) is 0 Å². The number of amides is 1. The zero-order valence-corrected chi connectivity index (χ0v) is 13.8. The van der Waals surface area contributed by atoms with Crippen LogP contribution >= 0.6 is 22.9 Å². The summed E-state index contributed by atoms with van der Waals surface area (Å²) in [5, 5.41) is 13.5. The van der Waals surface area contributed by atoms with Crippen LogP contribution in [0.5, 0.6) is 0 Å². The molecule has 1 heterocycles. The minimum absolute atomic E-state index is 0.0700. The van der Waals surface area contributed by atoms with Gasteiger partial charge >= 0.3 is 0 Å². The molecule has 120 valence electrons. The van der Waals surface area contributed by atoms with Crippen LogP contribution in [0.15, 0.2) is 35.7 Å². The van der Waals surface area contributed by atoms with Crippen LogP contribution in [0, 0.1) is 10.1 Å². The second-order valence-electron chi connectivity index (χ2n) is 5.48. The lowest BCUT2D eigenvalue weighted by Gasteiger charge is -2.22. The Bertz CT molecular complexity index is 729. The van der Waals surface area contributed by atoms with E-state index in [0.717, 1.165) is 19.3 Å². The second kappa shape index (κ2) is 6.68. The van der Waals surface area contributed by atoms with Crippen LogP contribution in [0.25, 0.3) is 0 Å². The molecule has 23 heavy (non-hydrogen) atoms. The Balaban J connectivity index is 1.83. The average Bonchev–Trinajstić information content (AvgIpc) is 3.22. The van der Waals surface area contributed by atoms with Crippen LogP contribution in [0.4, 0.5) is 5.69 Å². The molecule has 0 unspecified atom stereocenters. The van der Waals surface area contributed by atoms with E-state index in [1.165, 1.54) is 23.1 Å². The van der Waals surface area contributed by atoms with Gasteiger partial charge in [-0.2, -0.15) is 0 Å². The van der Waals surface area contributed by atoms with Crippen LogP contribution < -0.4 is 0 Å². The molecule has 1 aliphatic rings. The highest BCUT2D eigenvalue weighted by atomic mass is 35.5. The van der Waals surface area contributed by atoms with E-state index in [1.54, 1.807) is 16.2 Å². The van der Waals surface area contributed by atoms with E-state index in [-0.39, 0.29) is 23.2 Å². The number of carbonyl (C=O) groups is 1. The number of hydrogen-bond donors (Lipinski definition) is 0. The number of nitro benzene ring substituents is 1. The Morgan fingerprint density at radius 1 is 1.39 bits per heavy atom. The van der Waals surface area contributed by atoms with Crippen molar-refractivity contribution in [2.45, 2.75) is 25.3 Å². The zero-order chi connectivity index (χ0) is 16.4. The van der Waals surface area contributed by atoms with Gasteiger partial charge in [-0.25, -0.2) is 0 Å². The second-order valence-corrected chi connectivity index (χ2v) is 6.95. The van der Waals surface area contributed by atoms with E-state index in [1.807, 2.05) is 17.5 Å². The van der Waals surface area contributed by atoms with E-state index in [0.29, 0.717) is 11.6 Å². The molecule has 0 atom stereocenters. The third-order valence-electron chi connectivity index (χ3n) is 3.81. The van der Waals surface area contributed by atoms with Gasteiger partial charge in [-0.3, -0.25) is 14.9 Å². The van der Waals surface area contributed by atoms with Crippen LogP contribution in [0.2, 0.25) is 5.02 Å². The fraction of sp³-hybridized carbons (Fsp3) is 0.312. The Morgan fingerprint density at radius 2 is 2.17 bits per heavy atom. The van der Waals surface area contributed by atoms with E-state index >= 15 is 0 Å². The normalized spacial score (nSPS) is 13.8. The van der Waals surface area contributed by atoms with Crippen molar-refractivity contribution in [1.82, 2.24) is 4.90 Å². The third-order valence-corrected chi connectivity index (χ3v) is 4.98. The highest BCUT2D eigenvalue weighted by Gasteiger charge is 2.35. The van der Waals surface area contributed by atoms with Gasteiger partial charge in [0.25, 0.3) is 11.6 Å². The molecule has 1 fully saturated rings. The highest BCUT2D eigenvalue weighted by Crippen LogP contribution is 2.31. The Morgan fingerprint density at radius 3 is 2.78 bits per heavy atom. The van der Waals surface area contributed by atoms with Crippen LogP contribution in [0.1, 0.15) is 28.1 Å². The summed E-state index contributed by atoms with van der Waals surface area (Å²) < 4.78 is 0. The Labute approximate surface area is 142 Å².